The lowest BCUT2D eigenvalue weighted by Gasteiger charge is -2.12. The number of benzene rings is 1. The van der Waals surface area contributed by atoms with Crippen LogP contribution < -0.4 is 9.46 Å². The summed E-state index contributed by atoms with van der Waals surface area (Å²) in [5.41, 5.74) is 3.44. The normalized spacial score (nSPS) is 11.6. The van der Waals surface area contributed by atoms with Crippen molar-refractivity contribution in [3.8, 4) is 5.75 Å². The lowest BCUT2D eigenvalue weighted by atomic mass is 10.1. The van der Waals surface area contributed by atoms with Gasteiger partial charge in [0.05, 0.1) is 0 Å². The van der Waals surface area contributed by atoms with E-state index in [1.165, 1.54) is 16.9 Å². The van der Waals surface area contributed by atoms with Crippen LogP contribution in [0, 0.1) is 27.7 Å². The van der Waals surface area contributed by atoms with E-state index in [-0.39, 0.29) is 6.54 Å². The number of hydrogen-bond donors (Lipinski definition) is 1. The van der Waals surface area contributed by atoms with Crippen molar-refractivity contribution in [1.29, 1.82) is 0 Å². The van der Waals surface area contributed by atoms with Gasteiger partial charge >= 0.3 is 0 Å². The van der Waals surface area contributed by atoms with Crippen LogP contribution in [0.15, 0.2) is 28.5 Å². The Morgan fingerprint density at radius 2 is 1.73 bits per heavy atom. The molecular weight excluding hydrogens is 318 g/mol. The third kappa shape index (κ3) is 4.09. The fraction of sp³-hybridized carbons (Fsp3) is 0.375. The number of sulfonamides is 1. The maximum atomic E-state index is 12.1. The Morgan fingerprint density at radius 3 is 2.36 bits per heavy atom. The molecule has 0 aliphatic carbocycles. The minimum absolute atomic E-state index is 0.242. The zero-order valence-electron chi connectivity index (χ0n) is 13.3. The van der Waals surface area contributed by atoms with E-state index in [4.69, 9.17) is 4.74 Å². The highest BCUT2D eigenvalue weighted by atomic mass is 32.2. The molecule has 0 aliphatic rings. The van der Waals surface area contributed by atoms with Crippen molar-refractivity contribution in [3.05, 3.63) is 45.8 Å². The smallest absolute Gasteiger partial charge is 0.250 e. The molecule has 4 nitrogen and oxygen atoms in total. The summed E-state index contributed by atoms with van der Waals surface area (Å²) in [4.78, 5) is 0.974. The summed E-state index contributed by atoms with van der Waals surface area (Å²) in [6.45, 7) is 8.50. The van der Waals surface area contributed by atoms with E-state index < -0.39 is 10.0 Å². The molecule has 6 heteroatoms. The van der Waals surface area contributed by atoms with Crippen LogP contribution in [-0.4, -0.2) is 21.6 Å². The van der Waals surface area contributed by atoms with Gasteiger partial charge in [0.1, 0.15) is 16.6 Å². The lowest BCUT2D eigenvalue weighted by molar-refractivity contribution is 0.320. The van der Waals surface area contributed by atoms with Gasteiger partial charge in [0, 0.05) is 11.4 Å². The average molecular weight is 339 g/mol. The first-order chi connectivity index (χ1) is 10.3. The topological polar surface area (TPSA) is 55.4 Å². The molecule has 0 fully saturated rings. The zero-order chi connectivity index (χ0) is 16.3. The molecular formula is C16H21NO3S2. The number of hydrogen-bond acceptors (Lipinski definition) is 4. The van der Waals surface area contributed by atoms with E-state index in [0.717, 1.165) is 21.8 Å². The van der Waals surface area contributed by atoms with Gasteiger partial charge in [-0.1, -0.05) is 6.07 Å². The predicted octanol–water partition coefficient (Wildman–Crippen LogP) is 3.34. The average Bonchev–Trinajstić information content (AvgIpc) is 2.88. The monoisotopic (exact) mass is 339 g/mol. The molecule has 0 aliphatic heterocycles. The molecule has 0 radical (unpaired) electrons. The van der Waals surface area contributed by atoms with Gasteiger partial charge in [-0.2, -0.15) is 0 Å². The second kappa shape index (κ2) is 6.81. The number of ether oxygens (including phenoxy) is 1. The van der Waals surface area contributed by atoms with Crippen molar-refractivity contribution in [2.24, 2.45) is 0 Å². The maximum Gasteiger partial charge on any atom is 0.250 e. The van der Waals surface area contributed by atoms with Crippen LogP contribution in [0.5, 0.6) is 5.75 Å². The second-order valence-electron chi connectivity index (χ2n) is 5.31. The summed E-state index contributed by atoms with van der Waals surface area (Å²) < 4.78 is 32.7. The van der Waals surface area contributed by atoms with Gasteiger partial charge in [-0.05, 0) is 62.6 Å². The minimum atomic E-state index is -3.43. The molecule has 1 N–H and O–H groups in total. The zero-order valence-corrected chi connectivity index (χ0v) is 14.9. The second-order valence-corrected chi connectivity index (χ2v) is 8.59. The molecule has 2 aromatic rings. The molecule has 0 atom stereocenters. The first kappa shape index (κ1) is 17.0. The Hall–Kier alpha value is -1.37. The van der Waals surface area contributed by atoms with E-state index >= 15 is 0 Å². The summed E-state index contributed by atoms with van der Waals surface area (Å²) in [7, 11) is -3.43. The molecule has 0 unspecified atom stereocenters. The van der Waals surface area contributed by atoms with E-state index in [2.05, 4.69) is 17.7 Å². The third-order valence-electron chi connectivity index (χ3n) is 3.42. The summed E-state index contributed by atoms with van der Waals surface area (Å²) in [5, 5.41) is 0. The molecule has 22 heavy (non-hydrogen) atoms. The fourth-order valence-electron chi connectivity index (χ4n) is 2.05. The van der Waals surface area contributed by atoms with Crippen LogP contribution in [0.4, 0.5) is 0 Å². The molecule has 0 bridgehead atoms. The van der Waals surface area contributed by atoms with Crippen molar-refractivity contribution in [2.45, 2.75) is 31.9 Å². The van der Waals surface area contributed by atoms with Gasteiger partial charge in [0.15, 0.2) is 0 Å². The van der Waals surface area contributed by atoms with Crippen LogP contribution in [0.2, 0.25) is 0 Å². The fourth-order valence-corrected chi connectivity index (χ4v) is 4.40. The molecule has 1 heterocycles. The largest absolute Gasteiger partial charge is 0.492 e. The Labute approximate surface area is 136 Å². The van der Waals surface area contributed by atoms with Crippen molar-refractivity contribution < 1.29 is 13.2 Å². The number of aryl methyl sites for hydroxylation is 4. The van der Waals surface area contributed by atoms with Crippen molar-refractivity contribution in [2.75, 3.05) is 13.2 Å². The summed E-state index contributed by atoms with van der Waals surface area (Å²) in [6.07, 6.45) is 0. The van der Waals surface area contributed by atoms with Gasteiger partial charge < -0.3 is 4.74 Å². The van der Waals surface area contributed by atoms with E-state index in [1.807, 2.05) is 26.8 Å². The first-order valence-electron chi connectivity index (χ1n) is 7.06. The Balaban J connectivity index is 1.91. The molecule has 0 amide bonds. The molecule has 1 aromatic carbocycles. The Morgan fingerprint density at radius 1 is 1.05 bits per heavy atom. The van der Waals surface area contributed by atoms with Crippen molar-refractivity contribution >= 4 is 21.4 Å². The van der Waals surface area contributed by atoms with E-state index in [0.29, 0.717) is 10.8 Å². The van der Waals surface area contributed by atoms with Crippen LogP contribution >= 0.6 is 11.3 Å². The van der Waals surface area contributed by atoms with Gasteiger partial charge in [-0.15, -0.1) is 11.3 Å². The summed E-state index contributed by atoms with van der Waals surface area (Å²) in [5.74, 6) is 0.800. The third-order valence-corrected chi connectivity index (χ3v) is 6.38. The highest BCUT2D eigenvalue weighted by Gasteiger charge is 2.15. The van der Waals surface area contributed by atoms with Crippen LogP contribution in [0.1, 0.15) is 21.6 Å². The van der Waals surface area contributed by atoms with Gasteiger partial charge in [-0.3, -0.25) is 0 Å². The Kier molecular flexibility index (Phi) is 5.26. The van der Waals surface area contributed by atoms with Gasteiger partial charge in [0.25, 0.3) is 0 Å². The first-order valence-corrected chi connectivity index (χ1v) is 9.36. The molecule has 0 saturated heterocycles. The SMILES string of the molecule is Cc1ccc(S(=O)(=O)NCCOc2cc(C)c(C)cc2C)s1. The molecule has 120 valence electrons. The standard InChI is InChI=1S/C16H21NO3S2/c1-11-9-13(3)15(10-12(11)2)20-8-7-17-22(18,19)16-6-5-14(4)21-16/h5-6,9-10,17H,7-8H2,1-4H3. The molecule has 1 aromatic heterocycles. The summed E-state index contributed by atoms with van der Waals surface area (Å²) in [6, 6.07) is 7.48. The van der Waals surface area contributed by atoms with Crippen molar-refractivity contribution in [1.82, 2.24) is 4.72 Å². The lowest BCUT2D eigenvalue weighted by Crippen LogP contribution is -2.27. The van der Waals surface area contributed by atoms with Crippen LogP contribution in [0.3, 0.4) is 0 Å². The predicted molar refractivity (Wildman–Crippen MR) is 90.4 cm³/mol. The van der Waals surface area contributed by atoms with Gasteiger partial charge in [-0.25, -0.2) is 13.1 Å². The van der Waals surface area contributed by atoms with Crippen LogP contribution in [-0.2, 0) is 10.0 Å². The quantitative estimate of drug-likeness (QED) is 0.821. The van der Waals surface area contributed by atoms with Crippen LogP contribution in [0.25, 0.3) is 0 Å². The maximum absolute atomic E-state index is 12.1. The highest BCUT2D eigenvalue weighted by Crippen LogP contribution is 2.22. The minimum Gasteiger partial charge on any atom is -0.492 e. The summed E-state index contributed by atoms with van der Waals surface area (Å²) >= 11 is 1.26. The molecule has 2 rings (SSSR count). The number of nitrogens with one attached hydrogen (secondary N) is 1. The number of rotatable bonds is 6. The van der Waals surface area contributed by atoms with Gasteiger partial charge in [0.2, 0.25) is 10.0 Å². The molecule has 0 saturated carbocycles. The van der Waals surface area contributed by atoms with E-state index in [1.54, 1.807) is 12.1 Å². The number of thiophene rings is 1. The van der Waals surface area contributed by atoms with Crippen molar-refractivity contribution in [3.63, 3.8) is 0 Å². The van der Waals surface area contributed by atoms with E-state index in [9.17, 15) is 8.42 Å². The molecule has 0 spiro atoms. The highest BCUT2D eigenvalue weighted by molar-refractivity contribution is 7.91. The Bertz CT molecular complexity index is 764.